The van der Waals surface area contributed by atoms with Crippen LogP contribution in [0.1, 0.15) is 51.9 Å². The summed E-state index contributed by atoms with van der Waals surface area (Å²) in [6, 6.07) is 0.872. The predicted molar refractivity (Wildman–Crippen MR) is 72.4 cm³/mol. The molecule has 3 unspecified atom stereocenters. The third kappa shape index (κ3) is 3.33. The van der Waals surface area contributed by atoms with Crippen LogP contribution in [0, 0.1) is 5.92 Å². The highest BCUT2D eigenvalue weighted by molar-refractivity contribution is 4.96. The Balaban J connectivity index is 1.91. The van der Waals surface area contributed by atoms with Crippen molar-refractivity contribution in [3.8, 4) is 0 Å². The second-order valence-corrected chi connectivity index (χ2v) is 5.48. The number of hydrogen-bond donors (Lipinski definition) is 2. The zero-order chi connectivity index (χ0) is 13.0. The largest absolute Gasteiger partial charge is 0.378 e. The maximum absolute atomic E-state index is 5.81. The molecule has 4 heteroatoms. The minimum atomic E-state index is 0.330. The smallest absolute Gasteiger partial charge is 0.123 e. The number of nitrogens with zero attached hydrogens (tertiary/aromatic N) is 1. The summed E-state index contributed by atoms with van der Waals surface area (Å²) in [7, 11) is 0. The monoisotopic (exact) mass is 251 g/mol. The van der Waals surface area contributed by atoms with Crippen molar-refractivity contribution in [1.82, 2.24) is 15.3 Å². The molecule has 2 rings (SSSR count). The molecule has 4 nitrogen and oxygen atoms in total. The van der Waals surface area contributed by atoms with E-state index in [4.69, 9.17) is 4.74 Å². The van der Waals surface area contributed by atoms with Gasteiger partial charge in [-0.1, -0.05) is 20.8 Å². The summed E-state index contributed by atoms with van der Waals surface area (Å²) in [6.07, 6.45) is 7.36. The molecule has 0 radical (unpaired) electrons. The van der Waals surface area contributed by atoms with E-state index in [0.717, 1.165) is 31.7 Å². The number of H-pyrrole nitrogens is 1. The first kappa shape index (κ1) is 13.6. The van der Waals surface area contributed by atoms with Gasteiger partial charge in [-0.3, -0.25) is 0 Å². The van der Waals surface area contributed by atoms with Crippen LogP contribution in [-0.4, -0.2) is 28.7 Å². The van der Waals surface area contributed by atoms with Gasteiger partial charge in [0.2, 0.25) is 0 Å². The van der Waals surface area contributed by atoms with E-state index >= 15 is 0 Å². The molecule has 2 heterocycles. The molecule has 0 bridgehead atoms. The average Bonchev–Trinajstić information content (AvgIpc) is 2.90. The van der Waals surface area contributed by atoms with Gasteiger partial charge in [-0.05, 0) is 25.2 Å². The van der Waals surface area contributed by atoms with E-state index in [0.29, 0.717) is 24.1 Å². The average molecular weight is 251 g/mol. The second-order valence-electron chi connectivity index (χ2n) is 5.48. The lowest BCUT2D eigenvalue weighted by molar-refractivity contribution is -0.0261. The van der Waals surface area contributed by atoms with Crippen LogP contribution in [0.3, 0.4) is 0 Å². The van der Waals surface area contributed by atoms with E-state index in [9.17, 15) is 0 Å². The van der Waals surface area contributed by atoms with Gasteiger partial charge in [-0.25, -0.2) is 4.98 Å². The van der Waals surface area contributed by atoms with Gasteiger partial charge in [-0.15, -0.1) is 0 Å². The van der Waals surface area contributed by atoms with Crippen molar-refractivity contribution in [2.45, 2.75) is 58.2 Å². The van der Waals surface area contributed by atoms with Crippen LogP contribution in [0.15, 0.2) is 12.4 Å². The molecule has 0 aliphatic carbocycles. The Labute approximate surface area is 110 Å². The van der Waals surface area contributed by atoms with Crippen molar-refractivity contribution >= 4 is 0 Å². The van der Waals surface area contributed by atoms with Crippen molar-refractivity contribution < 1.29 is 4.74 Å². The summed E-state index contributed by atoms with van der Waals surface area (Å²) in [5.41, 5.74) is 0. The van der Waals surface area contributed by atoms with E-state index < -0.39 is 0 Å². The van der Waals surface area contributed by atoms with Crippen LogP contribution < -0.4 is 5.32 Å². The highest BCUT2D eigenvalue weighted by Gasteiger charge is 2.26. The van der Waals surface area contributed by atoms with E-state index in [2.05, 4.69) is 36.1 Å². The Morgan fingerprint density at radius 2 is 2.39 bits per heavy atom. The Kier molecular flexibility index (Phi) is 4.78. The maximum Gasteiger partial charge on any atom is 0.123 e. The number of imidazole rings is 1. The number of hydrogen-bond acceptors (Lipinski definition) is 3. The number of nitrogens with one attached hydrogen (secondary N) is 2. The lowest BCUT2D eigenvalue weighted by atomic mass is 9.94. The van der Waals surface area contributed by atoms with E-state index in [1.807, 2.05) is 12.4 Å². The van der Waals surface area contributed by atoms with Crippen LogP contribution in [-0.2, 0) is 4.74 Å². The zero-order valence-electron chi connectivity index (χ0n) is 11.6. The molecule has 1 aromatic heterocycles. The van der Waals surface area contributed by atoms with E-state index in [1.54, 1.807) is 0 Å². The lowest BCUT2D eigenvalue weighted by Crippen LogP contribution is -2.42. The zero-order valence-corrected chi connectivity index (χ0v) is 11.6. The fraction of sp³-hybridized carbons (Fsp3) is 0.786. The van der Waals surface area contributed by atoms with Gasteiger partial charge in [0.25, 0.3) is 0 Å². The SMILES string of the molecule is CCC(NC1CCOC(C(C)C)C1)c1ncc[nH]1. The Morgan fingerprint density at radius 1 is 1.56 bits per heavy atom. The molecule has 0 saturated carbocycles. The number of aromatic amines is 1. The molecular weight excluding hydrogens is 226 g/mol. The summed E-state index contributed by atoms with van der Waals surface area (Å²) >= 11 is 0. The molecule has 3 atom stereocenters. The molecule has 1 aliphatic heterocycles. The normalized spacial score (nSPS) is 26.4. The minimum absolute atomic E-state index is 0.330. The summed E-state index contributed by atoms with van der Waals surface area (Å²) < 4.78 is 5.81. The molecular formula is C14H25N3O. The van der Waals surface area contributed by atoms with Gasteiger partial charge in [0, 0.05) is 25.0 Å². The standard InChI is InChI=1S/C14H25N3O/c1-4-12(14-15-6-7-16-14)17-11-5-8-18-13(9-11)10(2)3/h6-7,10-13,17H,4-5,8-9H2,1-3H3,(H,15,16). The highest BCUT2D eigenvalue weighted by atomic mass is 16.5. The number of aromatic nitrogens is 2. The molecule has 0 aromatic carbocycles. The topological polar surface area (TPSA) is 49.9 Å². The third-order valence-electron chi connectivity index (χ3n) is 3.75. The quantitative estimate of drug-likeness (QED) is 0.846. The van der Waals surface area contributed by atoms with Crippen LogP contribution >= 0.6 is 0 Å². The highest BCUT2D eigenvalue weighted by Crippen LogP contribution is 2.23. The Hall–Kier alpha value is -0.870. The molecule has 1 fully saturated rings. The molecule has 1 aliphatic rings. The van der Waals surface area contributed by atoms with Gasteiger partial charge >= 0.3 is 0 Å². The molecule has 18 heavy (non-hydrogen) atoms. The molecule has 2 N–H and O–H groups in total. The van der Waals surface area contributed by atoms with Crippen molar-refractivity contribution in [1.29, 1.82) is 0 Å². The molecule has 1 aromatic rings. The van der Waals surface area contributed by atoms with Crippen LogP contribution in [0.25, 0.3) is 0 Å². The predicted octanol–water partition coefficient (Wildman–Crippen LogP) is 2.65. The first-order valence-corrected chi connectivity index (χ1v) is 7.07. The van der Waals surface area contributed by atoms with Gasteiger partial charge in [0.15, 0.2) is 0 Å². The number of rotatable bonds is 5. The molecule has 102 valence electrons. The molecule has 0 spiro atoms. The summed E-state index contributed by atoms with van der Waals surface area (Å²) in [5.74, 6) is 1.64. The molecule has 0 amide bonds. The van der Waals surface area contributed by atoms with Crippen LogP contribution in [0.5, 0.6) is 0 Å². The van der Waals surface area contributed by atoms with Gasteiger partial charge < -0.3 is 15.0 Å². The van der Waals surface area contributed by atoms with Crippen molar-refractivity contribution in [3.63, 3.8) is 0 Å². The van der Waals surface area contributed by atoms with Crippen molar-refractivity contribution in [2.24, 2.45) is 5.92 Å². The second kappa shape index (κ2) is 6.34. The fourth-order valence-corrected chi connectivity index (χ4v) is 2.59. The first-order valence-electron chi connectivity index (χ1n) is 7.07. The minimum Gasteiger partial charge on any atom is -0.378 e. The fourth-order valence-electron chi connectivity index (χ4n) is 2.59. The maximum atomic E-state index is 5.81. The Morgan fingerprint density at radius 3 is 3.00 bits per heavy atom. The lowest BCUT2D eigenvalue weighted by Gasteiger charge is -2.34. The van der Waals surface area contributed by atoms with Gasteiger partial charge in [-0.2, -0.15) is 0 Å². The van der Waals surface area contributed by atoms with Gasteiger partial charge in [0.1, 0.15) is 5.82 Å². The number of ether oxygens (including phenoxy) is 1. The van der Waals surface area contributed by atoms with Crippen LogP contribution in [0.2, 0.25) is 0 Å². The molecule has 1 saturated heterocycles. The summed E-state index contributed by atoms with van der Waals surface area (Å²) in [4.78, 5) is 7.56. The van der Waals surface area contributed by atoms with Gasteiger partial charge in [0.05, 0.1) is 12.1 Å². The van der Waals surface area contributed by atoms with Crippen molar-refractivity contribution in [3.05, 3.63) is 18.2 Å². The van der Waals surface area contributed by atoms with Crippen molar-refractivity contribution in [2.75, 3.05) is 6.61 Å². The Bertz CT molecular complexity index is 337. The third-order valence-corrected chi connectivity index (χ3v) is 3.75. The summed E-state index contributed by atoms with van der Waals surface area (Å²) in [6.45, 7) is 7.53. The van der Waals surface area contributed by atoms with E-state index in [-0.39, 0.29) is 0 Å². The first-order chi connectivity index (χ1) is 8.70. The van der Waals surface area contributed by atoms with E-state index in [1.165, 1.54) is 0 Å². The van der Waals surface area contributed by atoms with Crippen LogP contribution in [0.4, 0.5) is 0 Å². The summed E-state index contributed by atoms with van der Waals surface area (Å²) in [5, 5.41) is 3.72.